The summed E-state index contributed by atoms with van der Waals surface area (Å²) < 4.78 is 0. The van der Waals surface area contributed by atoms with Gasteiger partial charge in [0.05, 0.1) is 21.0 Å². The molecule has 4 amide bonds. The number of nitrogens with one attached hydrogen (secondary N) is 4. The number of hydrogen-bond acceptors (Lipinski definition) is 13. The second kappa shape index (κ2) is 52.4. The third-order valence-corrected chi connectivity index (χ3v) is 36.9. The monoisotopic (exact) mass is 2020 g/mol. The van der Waals surface area contributed by atoms with Gasteiger partial charge in [-0.15, -0.1) is 0 Å². The molecular formula is C128H102N6O13P3+. The number of phenols is 3. The van der Waals surface area contributed by atoms with Crippen LogP contribution in [-0.2, 0) is 0 Å². The molecule has 0 saturated carbocycles. The van der Waals surface area contributed by atoms with Crippen molar-refractivity contribution in [2.45, 2.75) is 0 Å². The highest BCUT2D eigenvalue weighted by Gasteiger charge is 2.50. The van der Waals surface area contributed by atoms with Crippen LogP contribution in [0, 0.1) is 20.2 Å². The number of hydrogen-bond donors (Lipinski definition) is 7. The highest BCUT2D eigenvalue weighted by atomic mass is 31.2. The fourth-order valence-electron chi connectivity index (χ4n) is 17.1. The van der Waals surface area contributed by atoms with Gasteiger partial charge in [0.2, 0.25) is 0 Å². The maximum absolute atomic E-state index is 12.2. The van der Waals surface area contributed by atoms with Crippen molar-refractivity contribution < 1.29 is 54.6 Å². The van der Waals surface area contributed by atoms with E-state index < -0.39 is 54.9 Å². The quantitative estimate of drug-likeness (QED) is 0.0189. The summed E-state index contributed by atoms with van der Waals surface area (Å²) in [6, 6.07) is 186. The van der Waals surface area contributed by atoms with E-state index in [1.165, 1.54) is 69.7 Å². The van der Waals surface area contributed by atoms with E-state index in [-0.39, 0.29) is 56.9 Å². The molecule has 0 saturated heterocycles. The predicted octanol–water partition coefficient (Wildman–Crippen LogP) is 22.9. The van der Waals surface area contributed by atoms with Crippen LogP contribution in [0.5, 0.6) is 28.7 Å². The Morgan fingerprint density at radius 3 is 0.620 bits per heavy atom. The fraction of sp³-hybridized carbons (Fsp3) is 0. The summed E-state index contributed by atoms with van der Waals surface area (Å²) in [6.07, 6.45) is 0. The number of nitrogens with zero attached hydrogens (tertiary/aromatic N) is 2. The maximum atomic E-state index is 12.2. The van der Waals surface area contributed by atoms with Gasteiger partial charge < -0.3 is 46.8 Å². The van der Waals surface area contributed by atoms with Gasteiger partial charge in [-0.1, -0.05) is 333 Å². The number of anilines is 4. The van der Waals surface area contributed by atoms with E-state index >= 15 is 0 Å². The number of nitro benzene ring substituents is 2. The maximum Gasteiger partial charge on any atom is 0.270 e. The lowest BCUT2D eigenvalue weighted by molar-refractivity contribution is -0.385. The number of non-ortho nitro benzene ring substituents is 2. The van der Waals surface area contributed by atoms with E-state index in [1.54, 1.807) is 127 Å². The number of amides is 4. The van der Waals surface area contributed by atoms with Crippen molar-refractivity contribution in [3.63, 3.8) is 0 Å². The second-order valence-electron chi connectivity index (χ2n) is 33.6. The van der Waals surface area contributed by atoms with Crippen molar-refractivity contribution in [3.8, 4) is 28.7 Å². The minimum atomic E-state index is -2.04. The molecule has 21 aromatic rings. The molecule has 0 bridgehead atoms. The van der Waals surface area contributed by atoms with E-state index in [0.29, 0.717) is 28.5 Å². The molecule has 0 atom stereocenters. The standard InChI is InChI=1S/C24H19OP.2C24H20P.C17H13NO2.2C13H10N2O4.C13H11NO2/c25-20-16-18-24(19-17-20)26(21-10-4-1-5-11-21,22-12-6-2-7-13-22)23-14-8-3-9-15-23;2*1-5-13-21(14-6-1)25(22-15-7-2-8-16-22,23-17-9-3-10-18-23)24-19-11-4-12-20-24;19-16-11-13-7-5-4-6-12(13)10-15(16)17(20)18-14-8-2-1-3-9-14;2*16-12-7-6-10(15(18)19)8-11(12)13(17)14-9-4-2-1-3-5-9;15-12-9-5-4-8-11(12)13(16)14-10-6-2-1-3-7-10/h1-19H;2*1-20H;1-11,19H,(H,18,20);2*1-8,16H,(H,14,17);1-9,15H,(H,14,16)/q;2*+1;;;;/p-1. The van der Waals surface area contributed by atoms with Crippen molar-refractivity contribution in [2.75, 3.05) is 21.3 Å². The highest BCUT2D eigenvalue weighted by molar-refractivity contribution is 8.02. The molecule has 0 aliphatic rings. The molecule has 150 heavy (non-hydrogen) atoms. The topological polar surface area (TPSA) is 309 Å². The first-order valence-corrected chi connectivity index (χ1v) is 53.1. The second-order valence-corrected chi connectivity index (χ2v) is 43.8. The Labute approximate surface area is 871 Å². The van der Waals surface area contributed by atoms with Gasteiger partial charge in [-0.3, -0.25) is 39.4 Å². The van der Waals surface area contributed by atoms with Crippen LogP contribution in [0.3, 0.4) is 0 Å². The van der Waals surface area contributed by atoms with Crippen molar-refractivity contribution in [2.24, 2.45) is 0 Å². The molecule has 21 rings (SSSR count). The smallest absolute Gasteiger partial charge is 0.270 e. The van der Waals surface area contributed by atoms with Crippen molar-refractivity contribution >= 4 is 154 Å². The lowest BCUT2D eigenvalue weighted by atomic mass is 10.1. The number of carbonyl (C=O) groups is 4. The number of nitro groups is 2. The van der Waals surface area contributed by atoms with E-state index in [1.807, 2.05) is 60.7 Å². The molecule has 0 aliphatic heterocycles. The number of rotatable bonds is 22. The number of para-hydroxylation sites is 5. The molecule has 7 N–H and O–H groups in total. The first-order chi connectivity index (χ1) is 73.3. The summed E-state index contributed by atoms with van der Waals surface area (Å²) in [7, 11) is -5.85. The van der Waals surface area contributed by atoms with Gasteiger partial charge in [0.25, 0.3) is 35.0 Å². The predicted molar refractivity (Wildman–Crippen MR) is 612 cm³/mol. The Morgan fingerprint density at radius 2 is 0.387 bits per heavy atom. The zero-order valence-corrected chi connectivity index (χ0v) is 83.7. The third kappa shape index (κ3) is 26.3. The van der Waals surface area contributed by atoms with Crippen LogP contribution in [0.15, 0.2) is 576 Å². The van der Waals surface area contributed by atoms with Gasteiger partial charge in [-0.25, -0.2) is 0 Å². The highest BCUT2D eigenvalue weighted by Crippen LogP contribution is 2.57. The first kappa shape index (κ1) is 105. The van der Waals surface area contributed by atoms with Gasteiger partial charge in [-0.05, 0) is 241 Å². The summed E-state index contributed by atoms with van der Waals surface area (Å²) in [5.41, 5.74) is 1.88. The molecule has 0 aliphatic carbocycles. The van der Waals surface area contributed by atoms with Gasteiger partial charge in [-0.2, -0.15) is 0 Å². The number of aromatic hydroxyl groups is 3. The molecule has 0 unspecified atom stereocenters. The van der Waals surface area contributed by atoms with Crippen LogP contribution in [-0.4, -0.2) is 48.8 Å². The lowest BCUT2D eigenvalue weighted by Crippen LogP contribution is -2.38. The summed E-state index contributed by atoms with van der Waals surface area (Å²) >= 11 is 0. The molecule has 0 aromatic heterocycles. The van der Waals surface area contributed by atoms with Crippen LogP contribution in [0.25, 0.3) is 10.8 Å². The number of carbonyl (C=O) groups excluding carboxylic acids is 4. The lowest BCUT2D eigenvalue weighted by Gasteiger charge is -2.27. The molecule has 0 radical (unpaired) electrons. The molecule has 21 aromatic carbocycles. The summed E-state index contributed by atoms with van der Waals surface area (Å²) in [4.78, 5) is 67.6. The molecule has 0 fully saturated rings. The molecule has 0 spiro atoms. The number of phenolic OH excluding ortho intramolecular Hbond substituents is 3. The van der Waals surface area contributed by atoms with Crippen LogP contribution in [0.1, 0.15) is 41.4 Å². The van der Waals surface area contributed by atoms with E-state index in [4.69, 9.17) is 0 Å². The van der Waals surface area contributed by atoms with Crippen molar-refractivity contribution in [1.29, 1.82) is 0 Å². The Kier molecular flexibility index (Phi) is 36.7. The fourth-order valence-corrected chi connectivity index (χ4v) is 29.9. The van der Waals surface area contributed by atoms with Gasteiger partial charge in [0.1, 0.15) is 103 Å². The molecule has 19 nitrogen and oxygen atoms in total. The average molecular weight is 2030 g/mol. The van der Waals surface area contributed by atoms with Crippen LogP contribution < -0.4 is 95.1 Å². The van der Waals surface area contributed by atoms with Crippen molar-refractivity contribution in [1.82, 2.24) is 0 Å². The molecule has 0 heterocycles. The Bertz CT molecular complexity index is 7270. The number of benzene rings is 21. The van der Waals surface area contributed by atoms with E-state index in [9.17, 15) is 64.9 Å². The van der Waals surface area contributed by atoms with Crippen LogP contribution in [0.4, 0.5) is 34.1 Å². The summed E-state index contributed by atoms with van der Waals surface area (Å²) in [5, 5.41) is 102. The number of fused-ring (bicyclic) bond motifs is 1. The van der Waals surface area contributed by atoms with Gasteiger partial charge in [0, 0.05) is 58.1 Å². The van der Waals surface area contributed by atoms with Gasteiger partial charge in [0.15, 0.2) is 0 Å². The zero-order valence-electron chi connectivity index (χ0n) is 81.0. The average Bonchev–Trinajstić information content (AvgIpc) is 0.755. The van der Waals surface area contributed by atoms with Crippen molar-refractivity contribution in [3.05, 3.63) is 619 Å². The normalized spacial score (nSPS) is 10.6. The Hall–Kier alpha value is -19.2. The Morgan fingerprint density at radius 1 is 0.193 bits per heavy atom. The molecule has 736 valence electrons. The largest absolute Gasteiger partial charge is 0.872 e. The Balaban J connectivity index is 0.000000132. The zero-order chi connectivity index (χ0) is 105. The van der Waals surface area contributed by atoms with Gasteiger partial charge >= 0.3 is 0 Å². The minimum Gasteiger partial charge on any atom is -0.872 e. The SMILES string of the molecule is O=C(Nc1ccccc1)c1cc([N+](=O)[O-])ccc1[O-].O=C(Nc1ccccc1)c1cc([N+](=O)[O-])ccc1[O-].O=C(Nc1ccccc1)c1cc2ccccc2cc1O.O=C(Nc1ccccc1)c1ccccc1O.Oc1ccc([P+](c2ccccc2)(c2ccccc2)c2ccccc2)cc1.c1ccc([P+](c2ccccc2)(c2ccccc2)c2ccccc2)cc1.c1ccc([P+](c2ccccc2)(c2ccccc2)c2ccccc2)cc1. The van der Waals surface area contributed by atoms with E-state index in [2.05, 4.69) is 367 Å². The molecular weight excluding hydrogens is 1920 g/mol. The summed E-state index contributed by atoms with van der Waals surface area (Å²) in [6.45, 7) is 0. The third-order valence-electron chi connectivity index (χ3n) is 24.0. The van der Waals surface area contributed by atoms with Crippen LogP contribution >= 0.6 is 21.8 Å². The van der Waals surface area contributed by atoms with Crippen LogP contribution in [0.2, 0.25) is 0 Å². The van der Waals surface area contributed by atoms with E-state index in [0.717, 1.165) is 47.2 Å². The molecule has 22 heteroatoms. The summed E-state index contributed by atoms with van der Waals surface area (Å²) in [5.74, 6) is -2.82. The minimum absolute atomic E-state index is 0.0165. The first-order valence-electron chi connectivity index (χ1n) is 47.8.